The maximum absolute atomic E-state index is 12.8. The Morgan fingerprint density at radius 2 is 1.87 bits per heavy atom. The van der Waals surface area contributed by atoms with E-state index in [1.807, 2.05) is 63.3 Å². The van der Waals surface area contributed by atoms with Crippen molar-refractivity contribution in [2.24, 2.45) is 5.10 Å². The molecule has 1 amide bonds. The van der Waals surface area contributed by atoms with Crippen molar-refractivity contribution in [2.75, 3.05) is 5.73 Å². The van der Waals surface area contributed by atoms with Crippen LogP contribution in [0.2, 0.25) is 0 Å². The molecule has 10 nitrogen and oxygen atoms in total. The molecule has 1 aromatic carbocycles. The third-order valence-corrected chi connectivity index (χ3v) is 3.92. The van der Waals surface area contributed by atoms with Gasteiger partial charge in [-0.15, -0.1) is 5.10 Å². The van der Waals surface area contributed by atoms with Crippen LogP contribution in [-0.4, -0.2) is 36.9 Å². The highest BCUT2D eigenvalue weighted by Gasteiger charge is 2.25. The van der Waals surface area contributed by atoms with Gasteiger partial charge in [-0.1, -0.05) is 47.2 Å². The van der Waals surface area contributed by atoms with Crippen LogP contribution in [0.5, 0.6) is 0 Å². The zero-order valence-corrected chi connectivity index (χ0v) is 17.1. The molecular weight excluding hydrogens is 384 g/mol. The quantitative estimate of drug-likeness (QED) is 0.365. The van der Waals surface area contributed by atoms with Crippen LogP contribution in [0, 0.1) is 0 Å². The number of carbonyl (C=O) groups excluding carboxylic acids is 1. The van der Waals surface area contributed by atoms with Gasteiger partial charge < -0.3 is 5.73 Å². The van der Waals surface area contributed by atoms with Crippen LogP contribution in [0.25, 0.3) is 17.1 Å². The van der Waals surface area contributed by atoms with Crippen LogP contribution < -0.4 is 11.2 Å². The Bertz CT molecular complexity index is 1130. The lowest BCUT2D eigenvalue weighted by Gasteiger charge is -2.05. The zero-order valence-electron chi connectivity index (χ0n) is 17.1. The lowest BCUT2D eigenvalue weighted by molar-refractivity contribution is 0.0950. The van der Waals surface area contributed by atoms with Crippen LogP contribution in [-0.2, 0) is 0 Å². The number of nitrogens with two attached hydrogens (primary N) is 1. The van der Waals surface area contributed by atoms with Gasteiger partial charge in [0.2, 0.25) is 11.6 Å². The fourth-order valence-corrected chi connectivity index (χ4v) is 2.83. The average Bonchev–Trinajstić information content (AvgIpc) is 3.32. The minimum absolute atomic E-state index is 0.0257. The number of amides is 1. The molecule has 0 aliphatic heterocycles. The largest absolute Gasteiger partial charge is 0.378 e. The maximum atomic E-state index is 12.8. The van der Waals surface area contributed by atoms with Crippen molar-refractivity contribution >= 4 is 17.4 Å². The molecule has 3 rings (SSSR count). The van der Waals surface area contributed by atoms with E-state index >= 15 is 0 Å². The smallest absolute Gasteiger partial charge is 0.294 e. The first-order valence-electron chi connectivity index (χ1n) is 9.14. The number of nitrogens with zero attached hydrogens (tertiary/aromatic N) is 6. The summed E-state index contributed by atoms with van der Waals surface area (Å²) in [5.74, 6) is -0.360. The van der Waals surface area contributed by atoms with E-state index in [9.17, 15) is 4.79 Å². The van der Waals surface area contributed by atoms with Gasteiger partial charge in [-0.2, -0.15) is 9.78 Å². The van der Waals surface area contributed by atoms with Crippen molar-refractivity contribution < 1.29 is 9.42 Å². The number of nitrogen functional groups attached to an aromatic ring is 1. The van der Waals surface area contributed by atoms with Gasteiger partial charge in [0.15, 0.2) is 5.69 Å². The predicted octanol–water partition coefficient (Wildman–Crippen LogP) is 2.92. The van der Waals surface area contributed by atoms with Crippen molar-refractivity contribution in [2.45, 2.75) is 27.7 Å². The van der Waals surface area contributed by atoms with Crippen molar-refractivity contribution in [1.82, 2.24) is 30.7 Å². The second-order valence-electron chi connectivity index (χ2n) is 6.84. The molecule has 0 spiro atoms. The van der Waals surface area contributed by atoms with Crippen molar-refractivity contribution in [3.63, 3.8) is 0 Å². The van der Waals surface area contributed by atoms with Gasteiger partial charge in [-0.05, 0) is 49.7 Å². The molecule has 0 saturated carbocycles. The molecule has 30 heavy (non-hydrogen) atoms. The van der Waals surface area contributed by atoms with Crippen LogP contribution >= 0.6 is 0 Å². The van der Waals surface area contributed by atoms with Gasteiger partial charge in [0, 0.05) is 5.56 Å². The molecule has 0 fully saturated rings. The Balaban J connectivity index is 1.95. The Morgan fingerprint density at radius 3 is 2.50 bits per heavy atom. The molecule has 154 valence electrons. The highest BCUT2D eigenvalue weighted by Crippen LogP contribution is 2.26. The molecular formula is C20H22N8O2. The first-order chi connectivity index (χ1) is 14.4. The van der Waals surface area contributed by atoms with Crippen LogP contribution in [0.15, 0.2) is 63.4 Å². The number of nitrogens with one attached hydrogen (secondary N) is 1. The summed E-state index contributed by atoms with van der Waals surface area (Å²) in [5, 5.41) is 19.5. The summed E-state index contributed by atoms with van der Waals surface area (Å²) in [6, 6.07) is 9.15. The molecule has 2 heterocycles. The van der Waals surface area contributed by atoms with E-state index in [-0.39, 0.29) is 17.3 Å². The van der Waals surface area contributed by atoms with E-state index in [1.165, 1.54) is 10.3 Å². The number of carbonyl (C=O) groups is 1. The van der Waals surface area contributed by atoms with Crippen molar-refractivity contribution in [3.8, 4) is 17.1 Å². The van der Waals surface area contributed by atoms with Gasteiger partial charge in [0.05, 0.1) is 5.71 Å². The normalized spacial score (nSPS) is 12.0. The summed E-state index contributed by atoms with van der Waals surface area (Å²) in [4.78, 5) is 12.8. The monoisotopic (exact) mass is 406 g/mol. The number of hydrogen-bond acceptors (Lipinski definition) is 8. The third kappa shape index (κ3) is 4.66. The number of rotatable bonds is 6. The highest BCUT2D eigenvalue weighted by molar-refractivity contribution is 6.00. The first kappa shape index (κ1) is 20.6. The summed E-state index contributed by atoms with van der Waals surface area (Å²) < 4.78 is 5.97. The number of aromatic nitrogens is 5. The van der Waals surface area contributed by atoms with E-state index in [2.05, 4.69) is 35.8 Å². The Kier molecular flexibility index (Phi) is 6.16. The molecule has 0 saturated heterocycles. The molecule has 0 atom stereocenters. The molecule has 0 aliphatic rings. The number of hydrazone groups is 1. The summed E-state index contributed by atoms with van der Waals surface area (Å²) in [7, 11) is 0. The van der Waals surface area contributed by atoms with E-state index in [1.54, 1.807) is 6.92 Å². The summed E-state index contributed by atoms with van der Waals surface area (Å²) in [6.07, 6.45) is 3.89. The summed E-state index contributed by atoms with van der Waals surface area (Å²) in [5.41, 5.74) is 12.3. The van der Waals surface area contributed by atoms with Crippen LogP contribution in [0.1, 0.15) is 38.2 Å². The summed E-state index contributed by atoms with van der Waals surface area (Å²) in [6.45, 7) is 7.77. The van der Waals surface area contributed by atoms with E-state index in [0.29, 0.717) is 17.0 Å². The van der Waals surface area contributed by atoms with Crippen LogP contribution in [0.3, 0.4) is 0 Å². The fraction of sp³-hybridized carbons (Fsp3) is 0.200. The number of anilines is 1. The molecule has 3 aromatic rings. The van der Waals surface area contributed by atoms with Gasteiger partial charge in [0.1, 0.15) is 5.69 Å². The first-order valence-corrected chi connectivity index (χ1v) is 9.14. The molecule has 10 heteroatoms. The predicted molar refractivity (Wildman–Crippen MR) is 113 cm³/mol. The lowest BCUT2D eigenvalue weighted by Crippen LogP contribution is -2.20. The molecule has 2 aromatic heterocycles. The number of benzene rings is 1. The second-order valence-corrected chi connectivity index (χ2v) is 6.84. The van der Waals surface area contributed by atoms with Gasteiger partial charge in [-0.3, -0.25) is 4.79 Å². The molecule has 0 radical (unpaired) electrons. The lowest BCUT2D eigenvalue weighted by atomic mass is 10.1. The van der Waals surface area contributed by atoms with E-state index < -0.39 is 5.91 Å². The van der Waals surface area contributed by atoms with E-state index in [4.69, 9.17) is 5.73 Å². The summed E-state index contributed by atoms with van der Waals surface area (Å²) >= 11 is 0. The fourth-order valence-electron chi connectivity index (χ4n) is 2.83. The molecule has 0 bridgehead atoms. The van der Waals surface area contributed by atoms with Crippen molar-refractivity contribution in [1.29, 1.82) is 0 Å². The zero-order chi connectivity index (χ0) is 21.7. The number of allylic oxidation sites excluding steroid dienone is 4. The maximum Gasteiger partial charge on any atom is 0.294 e. The standard InChI is InChI=1S/C20H22N8O2/c1-12(2)10-13(3)11-14(4)22-24-20(29)16-17(15-8-6-5-7-9-15)28(27-23-16)19-18(21)25-30-26-19/h5-11H,1-4H3,(H2,21,25)(H,24,29)/b13-11+,22-14-. The molecule has 3 N–H and O–H groups in total. The Hall–Kier alpha value is -4.08. The highest BCUT2D eigenvalue weighted by atomic mass is 16.6. The SMILES string of the molecule is CC(C)=C/C(C)=C/C(C)=N\NC(=O)c1nnn(-c2nonc2N)c1-c1ccccc1. The Labute approximate surface area is 173 Å². The van der Waals surface area contributed by atoms with Crippen LogP contribution in [0.4, 0.5) is 5.82 Å². The minimum Gasteiger partial charge on any atom is -0.378 e. The average molecular weight is 406 g/mol. The van der Waals surface area contributed by atoms with E-state index in [0.717, 1.165) is 5.57 Å². The van der Waals surface area contributed by atoms with Crippen molar-refractivity contribution in [3.05, 3.63) is 59.3 Å². The molecule has 0 unspecified atom stereocenters. The topological polar surface area (TPSA) is 137 Å². The van der Waals surface area contributed by atoms with Gasteiger partial charge in [0.25, 0.3) is 5.91 Å². The Morgan fingerprint density at radius 1 is 1.13 bits per heavy atom. The third-order valence-electron chi connectivity index (χ3n) is 3.92. The minimum atomic E-state index is -0.525. The van der Waals surface area contributed by atoms with Gasteiger partial charge in [-0.25, -0.2) is 10.1 Å². The second kappa shape index (κ2) is 8.95. The number of hydrogen-bond donors (Lipinski definition) is 2. The van der Waals surface area contributed by atoms with Gasteiger partial charge >= 0.3 is 0 Å². The molecule has 0 aliphatic carbocycles.